The fraction of sp³-hybridized carbons (Fsp3) is 0.917. The zero-order chi connectivity index (χ0) is 12.2. The number of amides is 1. The highest BCUT2D eigenvalue weighted by atomic mass is 16.2. The highest BCUT2D eigenvalue weighted by Gasteiger charge is 2.03. The van der Waals surface area contributed by atoms with Gasteiger partial charge in [-0.1, -0.05) is 19.8 Å². The Morgan fingerprint density at radius 3 is 2.56 bits per heavy atom. The van der Waals surface area contributed by atoms with Gasteiger partial charge < -0.3 is 15.7 Å². The van der Waals surface area contributed by atoms with Crippen molar-refractivity contribution in [1.82, 2.24) is 10.6 Å². The van der Waals surface area contributed by atoms with Crippen molar-refractivity contribution in [3.63, 3.8) is 0 Å². The van der Waals surface area contributed by atoms with Crippen LogP contribution in [0.5, 0.6) is 0 Å². The lowest BCUT2D eigenvalue weighted by molar-refractivity contribution is -0.120. The van der Waals surface area contributed by atoms with Crippen molar-refractivity contribution in [3.05, 3.63) is 0 Å². The summed E-state index contributed by atoms with van der Waals surface area (Å²) in [4.78, 5) is 11.3. The van der Waals surface area contributed by atoms with Gasteiger partial charge >= 0.3 is 0 Å². The van der Waals surface area contributed by atoms with Crippen LogP contribution in [0.1, 0.15) is 46.0 Å². The lowest BCUT2D eigenvalue weighted by Gasteiger charge is -2.11. The van der Waals surface area contributed by atoms with E-state index in [4.69, 9.17) is 5.11 Å². The minimum Gasteiger partial charge on any atom is -0.396 e. The molecule has 0 aliphatic heterocycles. The fourth-order valence-electron chi connectivity index (χ4n) is 1.35. The number of nitrogens with one attached hydrogen (secondary N) is 2. The molecule has 0 aliphatic carbocycles. The lowest BCUT2D eigenvalue weighted by Crippen LogP contribution is -2.38. The molecule has 0 radical (unpaired) electrons. The number of hydrogen-bond donors (Lipinski definition) is 3. The monoisotopic (exact) mass is 230 g/mol. The number of carbonyl (C=O) groups is 1. The van der Waals surface area contributed by atoms with Gasteiger partial charge in [0.1, 0.15) is 0 Å². The van der Waals surface area contributed by atoms with Crippen LogP contribution in [-0.2, 0) is 4.79 Å². The van der Waals surface area contributed by atoms with Crippen LogP contribution in [0.15, 0.2) is 0 Å². The van der Waals surface area contributed by atoms with E-state index in [-0.39, 0.29) is 18.6 Å². The average Bonchev–Trinajstić information content (AvgIpc) is 2.27. The van der Waals surface area contributed by atoms with Gasteiger partial charge in [-0.05, 0) is 32.7 Å². The molecule has 0 saturated carbocycles. The Balaban J connectivity index is 3.21. The van der Waals surface area contributed by atoms with Gasteiger partial charge in [-0.15, -0.1) is 0 Å². The van der Waals surface area contributed by atoms with E-state index in [2.05, 4.69) is 17.6 Å². The highest BCUT2D eigenvalue weighted by Crippen LogP contribution is 1.97. The molecule has 0 aromatic carbocycles. The van der Waals surface area contributed by atoms with Crippen LogP contribution in [0.4, 0.5) is 0 Å². The number of hydrogen-bond acceptors (Lipinski definition) is 3. The van der Waals surface area contributed by atoms with Gasteiger partial charge in [0.2, 0.25) is 5.91 Å². The Bertz CT molecular complexity index is 174. The average molecular weight is 230 g/mol. The first-order chi connectivity index (χ1) is 7.70. The molecule has 0 saturated heterocycles. The van der Waals surface area contributed by atoms with Crippen LogP contribution in [0.25, 0.3) is 0 Å². The third-order valence-corrected chi connectivity index (χ3v) is 2.57. The Labute approximate surface area is 98.8 Å². The molecule has 1 unspecified atom stereocenters. The van der Waals surface area contributed by atoms with Crippen LogP contribution in [-0.4, -0.2) is 36.8 Å². The van der Waals surface area contributed by atoms with E-state index in [0.717, 1.165) is 38.6 Å². The molecule has 3 N–H and O–H groups in total. The highest BCUT2D eigenvalue weighted by molar-refractivity contribution is 5.78. The van der Waals surface area contributed by atoms with Gasteiger partial charge in [-0.25, -0.2) is 0 Å². The zero-order valence-corrected chi connectivity index (χ0v) is 10.6. The predicted octanol–water partition coefficient (Wildman–Crippen LogP) is 1.04. The van der Waals surface area contributed by atoms with Crippen LogP contribution in [0.2, 0.25) is 0 Å². The second-order valence-electron chi connectivity index (χ2n) is 4.19. The minimum atomic E-state index is 0.0738. The quantitative estimate of drug-likeness (QED) is 0.491. The minimum absolute atomic E-state index is 0.0738. The number of unbranched alkanes of at least 4 members (excludes halogenated alkanes) is 3. The van der Waals surface area contributed by atoms with E-state index in [9.17, 15) is 4.79 Å². The molecule has 0 bridgehead atoms. The molecule has 4 nitrogen and oxygen atoms in total. The summed E-state index contributed by atoms with van der Waals surface area (Å²) in [6.45, 7) is 5.63. The van der Waals surface area contributed by atoms with Crippen molar-refractivity contribution in [3.8, 4) is 0 Å². The summed E-state index contributed by atoms with van der Waals surface area (Å²) < 4.78 is 0. The van der Waals surface area contributed by atoms with Gasteiger partial charge in [0, 0.05) is 12.6 Å². The van der Waals surface area contributed by atoms with E-state index in [1.54, 1.807) is 0 Å². The predicted molar refractivity (Wildman–Crippen MR) is 66.3 cm³/mol. The Hall–Kier alpha value is -0.610. The summed E-state index contributed by atoms with van der Waals surface area (Å²) in [5.41, 5.74) is 0. The SMILES string of the molecule is CCC(C)NC(=O)CNCCCCCCO. The van der Waals surface area contributed by atoms with E-state index >= 15 is 0 Å². The van der Waals surface area contributed by atoms with Crippen molar-refractivity contribution < 1.29 is 9.90 Å². The molecule has 1 amide bonds. The van der Waals surface area contributed by atoms with Gasteiger partial charge in [-0.2, -0.15) is 0 Å². The summed E-state index contributed by atoms with van der Waals surface area (Å²) in [6.07, 6.45) is 5.09. The number of aliphatic hydroxyl groups is 1. The Kier molecular flexibility index (Phi) is 10.5. The van der Waals surface area contributed by atoms with E-state index in [1.807, 2.05) is 6.92 Å². The smallest absolute Gasteiger partial charge is 0.234 e. The molecule has 4 heteroatoms. The second-order valence-corrected chi connectivity index (χ2v) is 4.19. The molecule has 0 aromatic heterocycles. The summed E-state index contributed by atoms with van der Waals surface area (Å²) in [7, 11) is 0. The third-order valence-electron chi connectivity index (χ3n) is 2.57. The first-order valence-electron chi connectivity index (χ1n) is 6.31. The number of aliphatic hydroxyl groups excluding tert-OH is 1. The first-order valence-corrected chi connectivity index (χ1v) is 6.31. The molecule has 0 aromatic rings. The maximum absolute atomic E-state index is 11.3. The van der Waals surface area contributed by atoms with Crippen LogP contribution >= 0.6 is 0 Å². The summed E-state index contributed by atoms with van der Waals surface area (Å²) in [6, 6.07) is 0.263. The number of carbonyl (C=O) groups excluding carboxylic acids is 1. The normalized spacial score (nSPS) is 12.4. The van der Waals surface area contributed by atoms with Crippen LogP contribution < -0.4 is 10.6 Å². The zero-order valence-electron chi connectivity index (χ0n) is 10.6. The topological polar surface area (TPSA) is 61.4 Å². The van der Waals surface area contributed by atoms with Crippen molar-refractivity contribution in [2.75, 3.05) is 19.7 Å². The summed E-state index contributed by atoms with van der Waals surface area (Å²) >= 11 is 0. The van der Waals surface area contributed by atoms with Crippen molar-refractivity contribution in [1.29, 1.82) is 0 Å². The summed E-state index contributed by atoms with van der Waals surface area (Å²) in [5.74, 6) is 0.0738. The molecule has 16 heavy (non-hydrogen) atoms. The first kappa shape index (κ1) is 15.4. The molecule has 96 valence electrons. The van der Waals surface area contributed by atoms with E-state index < -0.39 is 0 Å². The molecular weight excluding hydrogens is 204 g/mol. The second kappa shape index (κ2) is 10.9. The maximum atomic E-state index is 11.3. The molecular formula is C12H26N2O2. The Morgan fingerprint density at radius 2 is 1.94 bits per heavy atom. The number of rotatable bonds is 10. The standard InChI is InChI=1S/C12H26N2O2/c1-3-11(2)14-12(16)10-13-8-6-4-5-7-9-15/h11,13,15H,3-10H2,1-2H3,(H,14,16). The molecule has 0 heterocycles. The van der Waals surface area contributed by atoms with Gasteiger partial charge in [0.25, 0.3) is 0 Å². The molecule has 1 atom stereocenters. The van der Waals surface area contributed by atoms with E-state index in [1.165, 1.54) is 0 Å². The maximum Gasteiger partial charge on any atom is 0.234 e. The van der Waals surface area contributed by atoms with Crippen LogP contribution in [0, 0.1) is 0 Å². The third kappa shape index (κ3) is 9.93. The molecule has 0 fully saturated rings. The van der Waals surface area contributed by atoms with E-state index in [0.29, 0.717) is 6.54 Å². The van der Waals surface area contributed by atoms with Crippen molar-refractivity contribution in [2.45, 2.75) is 52.0 Å². The molecule has 0 spiro atoms. The summed E-state index contributed by atoms with van der Waals surface area (Å²) in [5, 5.41) is 14.6. The fourth-order valence-corrected chi connectivity index (χ4v) is 1.35. The molecule has 0 rings (SSSR count). The Morgan fingerprint density at radius 1 is 1.25 bits per heavy atom. The van der Waals surface area contributed by atoms with Crippen molar-refractivity contribution in [2.24, 2.45) is 0 Å². The van der Waals surface area contributed by atoms with Gasteiger partial charge in [-0.3, -0.25) is 4.79 Å². The largest absolute Gasteiger partial charge is 0.396 e. The van der Waals surface area contributed by atoms with Gasteiger partial charge in [0.05, 0.1) is 6.54 Å². The molecule has 0 aliphatic rings. The lowest BCUT2D eigenvalue weighted by atomic mass is 10.2. The van der Waals surface area contributed by atoms with Crippen LogP contribution in [0.3, 0.4) is 0 Å². The van der Waals surface area contributed by atoms with Crippen molar-refractivity contribution >= 4 is 5.91 Å². The van der Waals surface area contributed by atoms with Gasteiger partial charge in [0.15, 0.2) is 0 Å².